The summed E-state index contributed by atoms with van der Waals surface area (Å²) in [4.78, 5) is 2.24. The minimum absolute atomic E-state index is 0.200. The second-order valence-corrected chi connectivity index (χ2v) is 9.93. The Kier molecular flexibility index (Phi) is 6.91. The fraction of sp³-hybridized carbons (Fsp3) is 0.333. The van der Waals surface area contributed by atoms with Crippen LogP contribution in [0.4, 0.5) is 4.39 Å². The summed E-state index contributed by atoms with van der Waals surface area (Å²) in [5, 5.41) is 30.2. The van der Waals surface area contributed by atoms with Crippen molar-refractivity contribution in [2.45, 2.75) is 44.2 Å². The maximum absolute atomic E-state index is 13.2. The number of rotatable bonds is 5. The third-order valence-electron chi connectivity index (χ3n) is 5.67. The van der Waals surface area contributed by atoms with Crippen LogP contribution in [0.25, 0.3) is 10.4 Å². The van der Waals surface area contributed by atoms with Crippen LogP contribution in [0.5, 0.6) is 0 Å². The van der Waals surface area contributed by atoms with E-state index in [9.17, 15) is 19.7 Å². The van der Waals surface area contributed by atoms with Crippen molar-refractivity contribution >= 4 is 27.3 Å². The Morgan fingerprint density at radius 2 is 1.87 bits per heavy atom. The number of aryl methyl sites for hydroxylation is 1. The van der Waals surface area contributed by atoms with Gasteiger partial charge in [0, 0.05) is 27.1 Å². The van der Waals surface area contributed by atoms with Crippen LogP contribution >= 0.6 is 27.3 Å². The van der Waals surface area contributed by atoms with Gasteiger partial charge in [0.05, 0.1) is 18.8 Å². The predicted molar refractivity (Wildman–Crippen MR) is 123 cm³/mol. The second kappa shape index (κ2) is 9.48. The molecule has 4 nitrogen and oxygen atoms in total. The number of benzene rings is 2. The minimum Gasteiger partial charge on any atom is -0.394 e. The van der Waals surface area contributed by atoms with Gasteiger partial charge in [0.25, 0.3) is 0 Å². The zero-order chi connectivity index (χ0) is 22.1. The summed E-state index contributed by atoms with van der Waals surface area (Å²) in [6, 6.07) is 14.6. The standard InChI is InChI=1S/C24H24BrFO4S/c1-13-8-20(25)19(24-23(29)21(28)11-17(12-27)30-24)10-15(13)9-18-6-7-22(31-18)14-2-4-16(26)5-3-14/h2-8,10,17,21,23-24,27-29H,9,11-12H2,1H3/t17-,21-,23+,24-/m0/s1. The van der Waals surface area contributed by atoms with Crippen LogP contribution in [-0.2, 0) is 11.2 Å². The van der Waals surface area contributed by atoms with E-state index in [0.717, 1.165) is 36.5 Å². The lowest BCUT2D eigenvalue weighted by molar-refractivity contribution is -0.179. The zero-order valence-electron chi connectivity index (χ0n) is 17.0. The van der Waals surface area contributed by atoms with Gasteiger partial charge in [0.15, 0.2) is 0 Å². The topological polar surface area (TPSA) is 69.9 Å². The second-order valence-electron chi connectivity index (χ2n) is 7.90. The number of hydrogen-bond donors (Lipinski definition) is 3. The molecular weight excluding hydrogens is 483 g/mol. The molecule has 1 aliphatic heterocycles. The van der Waals surface area contributed by atoms with Crippen LogP contribution in [0.1, 0.15) is 34.1 Å². The number of halogens is 2. The Morgan fingerprint density at radius 3 is 2.58 bits per heavy atom. The highest BCUT2D eigenvalue weighted by Crippen LogP contribution is 2.38. The van der Waals surface area contributed by atoms with E-state index in [1.807, 2.05) is 25.1 Å². The van der Waals surface area contributed by atoms with Crippen LogP contribution in [0.3, 0.4) is 0 Å². The van der Waals surface area contributed by atoms with Gasteiger partial charge in [-0.15, -0.1) is 11.3 Å². The SMILES string of the molecule is Cc1cc(Br)c([C@@H]2O[C@H](CO)C[C@H](O)[C@H]2O)cc1Cc1ccc(-c2ccc(F)cc2)s1. The normalized spacial score (nSPS) is 23.8. The summed E-state index contributed by atoms with van der Waals surface area (Å²) in [6.07, 6.45) is -2.37. The molecule has 0 amide bonds. The number of hydrogen-bond acceptors (Lipinski definition) is 5. The van der Waals surface area contributed by atoms with Gasteiger partial charge in [-0.3, -0.25) is 0 Å². The van der Waals surface area contributed by atoms with Gasteiger partial charge in [-0.1, -0.05) is 34.1 Å². The summed E-state index contributed by atoms with van der Waals surface area (Å²) in [6.45, 7) is 1.82. The monoisotopic (exact) mass is 506 g/mol. The summed E-state index contributed by atoms with van der Waals surface area (Å²) in [7, 11) is 0. The lowest BCUT2D eigenvalue weighted by Crippen LogP contribution is -2.44. The van der Waals surface area contributed by atoms with Crippen molar-refractivity contribution in [3.63, 3.8) is 0 Å². The molecule has 1 aromatic heterocycles. The third kappa shape index (κ3) is 4.92. The van der Waals surface area contributed by atoms with Crippen molar-refractivity contribution < 1.29 is 24.4 Å². The van der Waals surface area contributed by atoms with Crippen molar-refractivity contribution in [2.24, 2.45) is 0 Å². The molecule has 0 unspecified atom stereocenters. The first-order chi connectivity index (χ1) is 14.9. The van der Waals surface area contributed by atoms with Crippen molar-refractivity contribution in [2.75, 3.05) is 6.61 Å². The van der Waals surface area contributed by atoms with E-state index in [2.05, 4.69) is 22.0 Å². The van der Waals surface area contributed by atoms with Crippen LogP contribution in [-0.4, -0.2) is 40.2 Å². The highest BCUT2D eigenvalue weighted by atomic mass is 79.9. The Labute approximate surface area is 193 Å². The molecule has 1 saturated heterocycles. The molecule has 3 aromatic rings. The molecule has 4 atom stereocenters. The molecule has 4 rings (SSSR count). The van der Waals surface area contributed by atoms with Gasteiger partial charge in [0.1, 0.15) is 18.0 Å². The fourth-order valence-corrected chi connectivity index (χ4v) is 5.62. The summed E-state index contributed by atoms with van der Waals surface area (Å²) in [5.41, 5.74) is 3.91. The summed E-state index contributed by atoms with van der Waals surface area (Å²) < 4.78 is 19.9. The van der Waals surface area contributed by atoms with E-state index in [1.54, 1.807) is 23.5 Å². The number of thiophene rings is 1. The van der Waals surface area contributed by atoms with Crippen molar-refractivity contribution in [3.05, 3.63) is 80.4 Å². The molecule has 164 valence electrons. The largest absolute Gasteiger partial charge is 0.394 e. The molecule has 0 spiro atoms. The molecule has 31 heavy (non-hydrogen) atoms. The summed E-state index contributed by atoms with van der Waals surface area (Å²) >= 11 is 5.23. The molecular formula is C24H24BrFO4S. The van der Waals surface area contributed by atoms with E-state index < -0.39 is 24.4 Å². The van der Waals surface area contributed by atoms with Gasteiger partial charge in [-0.2, -0.15) is 0 Å². The quantitative estimate of drug-likeness (QED) is 0.466. The molecule has 0 bridgehead atoms. The Bertz CT molecular complexity index is 1050. The average Bonchev–Trinajstić information content (AvgIpc) is 3.21. The first-order valence-corrected chi connectivity index (χ1v) is 11.7. The van der Waals surface area contributed by atoms with E-state index in [1.165, 1.54) is 12.1 Å². The van der Waals surface area contributed by atoms with E-state index in [4.69, 9.17) is 4.74 Å². The van der Waals surface area contributed by atoms with Crippen LogP contribution in [0, 0.1) is 12.7 Å². The molecule has 0 saturated carbocycles. The van der Waals surface area contributed by atoms with Crippen LogP contribution < -0.4 is 0 Å². The molecule has 1 aliphatic rings. The first kappa shape index (κ1) is 22.6. The first-order valence-electron chi connectivity index (χ1n) is 10.1. The van der Waals surface area contributed by atoms with E-state index >= 15 is 0 Å². The van der Waals surface area contributed by atoms with Crippen LogP contribution in [0.2, 0.25) is 0 Å². The van der Waals surface area contributed by atoms with Gasteiger partial charge < -0.3 is 20.1 Å². The highest BCUT2D eigenvalue weighted by Gasteiger charge is 2.38. The Hall–Kier alpha value is -1.61. The molecule has 1 fully saturated rings. The lowest BCUT2D eigenvalue weighted by Gasteiger charge is -2.37. The molecule has 2 heterocycles. The highest BCUT2D eigenvalue weighted by molar-refractivity contribution is 9.10. The number of ether oxygens (including phenoxy) is 1. The third-order valence-corrected chi connectivity index (χ3v) is 7.49. The van der Waals surface area contributed by atoms with Gasteiger partial charge in [-0.05, 0) is 59.5 Å². The fourth-order valence-electron chi connectivity index (χ4n) is 3.90. The predicted octanol–water partition coefficient (Wildman–Crippen LogP) is 4.76. The van der Waals surface area contributed by atoms with Crippen molar-refractivity contribution in [1.82, 2.24) is 0 Å². The van der Waals surface area contributed by atoms with Gasteiger partial charge >= 0.3 is 0 Å². The van der Waals surface area contributed by atoms with Crippen molar-refractivity contribution in [1.29, 1.82) is 0 Å². The number of aliphatic hydroxyl groups is 3. The summed E-state index contributed by atoms with van der Waals surface area (Å²) in [5.74, 6) is -0.251. The van der Waals surface area contributed by atoms with E-state index in [0.29, 0.717) is 6.42 Å². The molecule has 0 aliphatic carbocycles. The minimum atomic E-state index is -1.07. The molecule has 3 N–H and O–H groups in total. The molecule has 7 heteroatoms. The maximum atomic E-state index is 13.2. The maximum Gasteiger partial charge on any atom is 0.123 e. The average molecular weight is 507 g/mol. The van der Waals surface area contributed by atoms with Crippen molar-refractivity contribution in [3.8, 4) is 10.4 Å². The molecule has 0 radical (unpaired) electrons. The van der Waals surface area contributed by atoms with Gasteiger partial charge in [-0.25, -0.2) is 4.39 Å². The molecule has 2 aromatic carbocycles. The van der Waals surface area contributed by atoms with Crippen LogP contribution in [0.15, 0.2) is 53.0 Å². The lowest BCUT2D eigenvalue weighted by atomic mass is 9.91. The van der Waals surface area contributed by atoms with Gasteiger partial charge in [0.2, 0.25) is 0 Å². The van der Waals surface area contributed by atoms with E-state index in [-0.39, 0.29) is 18.8 Å². The number of aliphatic hydroxyl groups excluding tert-OH is 3. The smallest absolute Gasteiger partial charge is 0.123 e. The zero-order valence-corrected chi connectivity index (χ0v) is 19.4. The Balaban J connectivity index is 1.61. The Morgan fingerprint density at radius 1 is 1.13 bits per heavy atom.